The lowest BCUT2D eigenvalue weighted by atomic mass is 10.1. The van der Waals surface area contributed by atoms with Crippen LogP contribution < -0.4 is 0 Å². The lowest BCUT2D eigenvalue weighted by Gasteiger charge is -2.26. The number of unbranched alkanes of at least 4 members (excludes halogenated alkanes) is 9. The largest absolute Gasteiger partial charge is 0.480 e. The van der Waals surface area contributed by atoms with Gasteiger partial charge in [0.05, 0.1) is 0 Å². The summed E-state index contributed by atoms with van der Waals surface area (Å²) >= 11 is 4.04. The minimum absolute atomic E-state index is 0.159. The summed E-state index contributed by atoms with van der Waals surface area (Å²) in [7, 11) is 0. The van der Waals surface area contributed by atoms with Gasteiger partial charge in [-0.3, -0.25) is 4.79 Å². The molecule has 0 aliphatic rings. The maximum atomic E-state index is 11.6. The Kier molecular flexibility index (Phi) is 13.5. The highest BCUT2D eigenvalue weighted by atomic mass is 32.1. The van der Waals surface area contributed by atoms with Crippen molar-refractivity contribution in [3.63, 3.8) is 0 Å². The molecule has 0 bridgehead atoms. The third kappa shape index (κ3) is 10.1. The summed E-state index contributed by atoms with van der Waals surface area (Å²) in [5.74, 6) is -0.998. The first-order valence-electron chi connectivity index (χ1n) is 8.65. The van der Waals surface area contributed by atoms with Crippen molar-refractivity contribution in [1.82, 2.24) is 4.90 Å². The van der Waals surface area contributed by atoms with Crippen LogP contribution in [0, 0.1) is 0 Å². The molecule has 0 aromatic rings. The number of aliphatic carboxylic acids is 1. The van der Waals surface area contributed by atoms with E-state index in [4.69, 9.17) is 5.11 Å². The molecule has 0 aliphatic heterocycles. The molecule has 1 amide bonds. The van der Waals surface area contributed by atoms with Gasteiger partial charge in [-0.05, 0) is 6.42 Å². The fraction of sp³-hybridized carbons (Fsp3) is 0.882. The van der Waals surface area contributed by atoms with Crippen molar-refractivity contribution < 1.29 is 14.7 Å². The first-order chi connectivity index (χ1) is 10.5. The third-order valence-electron chi connectivity index (χ3n) is 3.99. The maximum Gasteiger partial charge on any atom is 0.327 e. The molecule has 0 rings (SSSR count). The molecule has 4 nitrogen and oxygen atoms in total. The molecule has 0 heterocycles. The van der Waals surface area contributed by atoms with Crippen LogP contribution in [-0.2, 0) is 9.59 Å². The third-order valence-corrected chi connectivity index (χ3v) is 4.34. The number of rotatable bonds is 14. The van der Waals surface area contributed by atoms with Crippen LogP contribution in [0.2, 0.25) is 0 Å². The molecule has 0 saturated carbocycles. The van der Waals surface area contributed by atoms with Crippen LogP contribution in [0.15, 0.2) is 0 Å². The molecule has 0 unspecified atom stereocenters. The number of carbonyl (C=O) groups excluding carboxylic acids is 1. The molecule has 1 atom stereocenters. The van der Waals surface area contributed by atoms with Crippen LogP contribution in [-0.4, -0.2) is 40.2 Å². The fourth-order valence-electron chi connectivity index (χ4n) is 2.61. The number of amides is 1. The van der Waals surface area contributed by atoms with Gasteiger partial charge >= 0.3 is 5.97 Å². The van der Waals surface area contributed by atoms with E-state index in [2.05, 4.69) is 19.6 Å². The molecule has 0 aromatic carbocycles. The molecule has 0 saturated heterocycles. The average molecular weight is 332 g/mol. The molecule has 0 spiro atoms. The van der Waals surface area contributed by atoms with Gasteiger partial charge in [0, 0.05) is 19.2 Å². The number of nitrogens with zero attached hydrogens (tertiary/aromatic N) is 1. The predicted octanol–water partition coefficient (Wildman–Crippen LogP) is 4.14. The van der Waals surface area contributed by atoms with Gasteiger partial charge < -0.3 is 10.0 Å². The van der Waals surface area contributed by atoms with Crippen molar-refractivity contribution in [3.05, 3.63) is 0 Å². The normalized spacial score (nSPS) is 12.1. The summed E-state index contributed by atoms with van der Waals surface area (Å²) in [5.41, 5.74) is 0. The Balaban J connectivity index is 3.73. The number of carboxylic acids is 1. The van der Waals surface area contributed by atoms with Crippen LogP contribution in [0.4, 0.5) is 0 Å². The van der Waals surface area contributed by atoms with Crippen LogP contribution in [0.1, 0.15) is 78.1 Å². The number of carbonyl (C=O) groups is 2. The Bertz CT molecular complexity index is 310. The molecule has 22 heavy (non-hydrogen) atoms. The molecule has 0 aromatic heterocycles. The van der Waals surface area contributed by atoms with Crippen molar-refractivity contribution in [2.75, 3.05) is 12.3 Å². The van der Waals surface area contributed by atoms with Crippen molar-refractivity contribution in [1.29, 1.82) is 0 Å². The molecule has 0 fully saturated rings. The zero-order chi connectivity index (χ0) is 16.8. The van der Waals surface area contributed by atoms with Crippen molar-refractivity contribution in [2.45, 2.75) is 84.1 Å². The lowest BCUT2D eigenvalue weighted by Crippen LogP contribution is -2.45. The van der Waals surface area contributed by atoms with Gasteiger partial charge in [-0.2, -0.15) is 12.6 Å². The van der Waals surface area contributed by atoms with Crippen molar-refractivity contribution >= 4 is 24.5 Å². The van der Waals surface area contributed by atoms with Gasteiger partial charge in [0.2, 0.25) is 5.91 Å². The molecular weight excluding hydrogens is 298 g/mol. The van der Waals surface area contributed by atoms with Crippen molar-refractivity contribution in [2.24, 2.45) is 0 Å². The Morgan fingerprint density at radius 1 is 0.955 bits per heavy atom. The maximum absolute atomic E-state index is 11.6. The van der Waals surface area contributed by atoms with E-state index in [1.807, 2.05) is 0 Å². The van der Waals surface area contributed by atoms with Crippen LogP contribution >= 0.6 is 12.6 Å². The summed E-state index contributed by atoms with van der Waals surface area (Å²) in [5, 5.41) is 9.11. The molecule has 0 aliphatic carbocycles. The van der Waals surface area contributed by atoms with Gasteiger partial charge in [-0.15, -0.1) is 0 Å². The summed E-state index contributed by atoms with van der Waals surface area (Å²) in [4.78, 5) is 24.1. The minimum atomic E-state index is -0.975. The Labute approximate surface area is 141 Å². The van der Waals surface area contributed by atoms with Gasteiger partial charge in [0.25, 0.3) is 0 Å². The quantitative estimate of drug-likeness (QED) is 0.371. The number of thiol groups is 1. The second kappa shape index (κ2) is 13.9. The molecule has 1 N–H and O–H groups in total. The van der Waals surface area contributed by atoms with E-state index in [-0.39, 0.29) is 11.7 Å². The fourth-order valence-corrected chi connectivity index (χ4v) is 2.97. The summed E-state index contributed by atoms with van der Waals surface area (Å²) in [6.45, 7) is 4.17. The second-order valence-electron chi connectivity index (χ2n) is 5.93. The summed E-state index contributed by atoms with van der Waals surface area (Å²) in [6.07, 6.45) is 12.3. The molecule has 130 valence electrons. The Morgan fingerprint density at radius 3 is 1.77 bits per heavy atom. The van der Waals surface area contributed by atoms with E-state index in [0.29, 0.717) is 6.54 Å². The SMILES string of the molecule is CCCCCCCCCCCCN(C(C)=O)[C@@H](CS)C(=O)O. The van der Waals surface area contributed by atoms with Crippen LogP contribution in [0.5, 0.6) is 0 Å². The molecule has 5 heteroatoms. The van der Waals surface area contributed by atoms with Gasteiger partial charge in [-0.25, -0.2) is 4.79 Å². The molecule has 0 radical (unpaired) electrons. The highest BCUT2D eigenvalue weighted by Gasteiger charge is 2.25. The van der Waals surface area contributed by atoms with Gasteiger partial charge in [-0.1, -0.05) is 64.7 Å². The number of carboxylic acid groups (broad SMARTS) is 1. The van der Waals surface area contributed by atoms with Crippen LogP contribution in [0.3, 0.4) is 0 Å². The van der Waals surface area contributed by atoms with Gasteiger partial charge in [0.15, 0.2) is 0 Å². The van der Waals surface area contributed by atoms with E-state index in [9.17, 15) is 9.59 Å². The summed E-state index contributed by atoms with van der Waals surface area (Å²) < 4.78 is 0. The zero-order valence-electron chi connectivity index (χ0n) is 14.2. The second-order valence-corrected chi connectivity index (χ2v) is 6.30. The monoisotopic (exact) mass is 331 g/mol. The highest BCUT2D eigenvalue weighted by Crippen LogP contribution is 2.12. The van der Waals surface area contributed by atoms with Crippen LogP contribution in [0.25, 0.3) is 0 Å². The van der Waals surface area contributed by atoms with E-state index in [1.165, 1.54) is 56.8 Å². The Hall–Kier alpha value is -0.710. The van der Waals surface area contributed by atoms with E-state index < -0.39 is 12.0 Å². The number of hydrogen-bond acceptors (Lipinski definition) is 3. The topological polar surface area (TPSA) is 57.6 Å². The van der Waals surface area contributed by atoms with E-state index in [0.717, 1.165) is 19.3 Å². The number of hydrogen-bond donors (Lipinski definition) is 2. The first-order valence-corrected chi connectivity index (χ1v) is 9.28. The van der Waals surface area contributed by atoms with Crippen molar-refractivity contribution in [3.8, 4) is 0 Å². The zero-order valence-corrected chi connectivity index (χ0v) is 15.1. The smallest absolute Gasteiger partial charge is 0.327 e. The van der Waals surface area contributed by atoms with Gasteiger partial charge in [0.1, 0.15) is 6.04 Å². The summed E-state index contributed by atoms with van der Waals surface area (Å²) in [6, 6.07) is -0.806. The lowest BCUT2D eigenvalue weighted by molar-refractivity contribution is -0.148. The minimum Gasteiger partial charge on any atom is -0.480 e. The standard InChI is InChI=1S/C17H33NO3S/c1-3-4-5-6-7-8-9-10-11-12-13-18(15(2)19)16(14-22)17(20)21/h16,22H,3-14H2,1-2H3,(H,20,21)/t16-/m0/s1. The van der Waals surface area contributed by atoms with E-state index in [1.54, 1.807) is 0 Å². The predicted molar refractivity (Wildman–Crippen MR) is 94.5 cm³/mol. The highest BCUT2D eigenvalue weighted by molar-refractivity contribution is 7.80. The first kappa shape index (κ1) is 21.3. The molecular formula is C17H33NO3S. The Morgan fingerprint density at radius 2 is 1.41 bits per heavy atom. The van der Waals surface area contributed by atoms with E-state index >= 15 is 0 Å². The average Bonchev–Trinajstić information content (AvgIpc) is 2.47.